The number of rotatable bonds is 6. The molecule has 2 aliphatic heterocycles. The third kappa shape index (κ3) is 4.18. The Morgan fingerprint density at radius 3 is 2.56 bits per heavy atom. The van der Waals surface area contributed by atoms with E-state index < -0.39 is 0 Å². The van der Waals surface area contributed by atoms with E-state index in [-0.39, 0.29) is 30.0 Å². The summed E-state index contributed by atoms with van der Waals surface area (Å²) >= 11 is 0. The van der Waals surface area contributed by atoms with Crippen molar-refractivity contribution in [2.75, 3.05) is 13.7 Å². The number of ketones is 2. The van der Waals surface area contributed by atoms with Gasteiger partial charge in [-0.2, -0.15) is 0 Å². The molecule has 6 nitrogen and oxygen atoms in total. The van der Waals surface area contributed by atoms with Gasteiger partial charge in [0.05, 0.1) is 12.7 Å². The Balaban J connectivity index is 1.30. The molecule has 0 saturated carbocycles. The molecule has 0 unspecified atom stereocenters. The van der Waals surface area contributed by atoms with E-state index in [0.717, 1.165) is 16.9 Å². The van der Waals surface area contributed by atoms with Crippen LogP contribution >= 0.6 is 0 Å². The quantitative estimate of drug-likeness (QED) is 0.373. The van der Waals surface area contributed by atoms with Gasteiger partial charge in [0.2, 0.25) is 5.78 Å². The van der Waals surface area contributed by atoms with Gasteiger partial charge < -0.3 is 18.9 Å². The fourth-order valence-corrected chi connectivity index (χ4v) is 3.84. The Morgan fingerprint density at radius 1 is 1.00 bits per heavy atom. The van der Waals surface area contributed by atoms with E-state index in [2.05, 4.69) is 0 Å². The minimum atomic E-state index is -0.217. The first-order valence-corrected chi connectivity index (χ1v) is 10.9. The van der Waals surface area contributed by atoms with Crippen molar-refractivity contribution in [3.63, 3.8) is 0 Å². The molecular formula is C28H22O6. The summed E-state index contributed by atoms with van der Waals surface area (Å²) in [5.74, 6) is 2.18. The smallest absolute Gasteiger partial charge is 0.231 e. The molecular weight excluding hydrogens is 432 g/mol. The second kappa shape index (κ2) is 8.90. The number of allylic oxidation sites excluding steroid dienone is 1. The number of benzene rings is 3. The second-order valence-corrected chi connectivity index (χ2v) is 7.98. The van der Waals surface area contributed by atoms with Crippen molar-refractivity contribution in [1.82, 2.24) is 0 Å². The zero-order chi connectivity index (χ0) is 23.7. The Kier molecular flexibility index (Phi) is 5.64. The van der Waals surface area contributed by atoms with Crippen molar-refractivity contribution in [2.24, 2.45) is 0 Å². The van der Waals surface area contributed by atoms with Gasteiger partial charge in [-0.25, -0.2) is 0 Å². The molecule has 0 radical (unpaired) electrons. The summed E-state index contributed by atoms with van der Waals surface area (Å²) in [6.07, 6.45) is 3.50. The summed E-state index contributed by atoms with van der Waals surface area (Å²) in [4.78, 5) is 25.3. The molecule has 0 fully saturated rings. The SMILES string of the molecule is COc1ccc(C(=O)COc2ccc3c(c2)O/C(=C\C2=Cc4ccccc4O[C@H]2C)C3=O)cc1. The van der Waals surface area contributed by atoms with Gasteiger partial charge in [0, 0.05) is 17.2 Å². The van der Waals surface area contributed by atoms with Crippen LogP contribution in [-0.4, -0.2) is 31.4 Å². The first-order valence-electron chi connectivity index (χ1n) is 10.9. The molecule has 2 heterocycles. The maximum Gasteiger partial charge on any atom is 0.231 e. The number of Topliss-reactive ketones (excluding diaryl/α,β-unsaturated/α-hetero) is 2. The highest BCUT2D eigenvalue weighted by Crippen LogP contribution is 2.36. The molecule has 0 N–H and O–H groups in total. The van der Waals surface area contributed by atoms with Crippen molar-refractivity contribution in [1.29, 1.82) is 0 Å². The number of hydrogen-bond donors (Lipinski definition) is 0. The summed E-state index contributed by atoms with van der Waals surface area (Å²) in [6, 6.07) is 19.5. The average molecular weight is 454 g/mol. The molecule has 34 heavy (non-hydrogen) atoms. The number of hydrogen-bond acceptors (Lipinski definition) is 6. The number of carbonyl (C=O) groups is 2. The number of carbonyl (C=O) groups excluding carboxylic acids is 2. The highest BCUT2D eigenvalue weighted by Gasteiger charge is 2.29. The highest BCUT2D eigenvalue weighted by atomic mass is 16.5. The van der Waals surface area contributed by atoms with Crippen molar-refractivity contribution in [2.45, 2.75) is 13.0 Å². The van der Waals surface area contributed by atoms with Gasteiger partial charge in [-0.05, 0) is 67.1 Å². The number of ether oxygens (including phenoxy) is 4. The van der Waals surface area contributed by atoms with Crippen molar-refractivity contribution in [3.8, 4) is 23.0 Å². The summed E-state index contributed by atoms with van der Waals surface area (Å²) in [5, 5.41) is 0. The van der Waals surface area contributed by atoms with E-state index in [1.165, 1.54) is 0 Å². The Morgan fingerprint density at radius 2 is 1.76 bits per heavy atom. The normalized spacial score (nSPS) is 17.2. The second-order valence-electron chi connectivity index (χ2n) is 7.98. The lowest BCUT2D eigenvalue weighted by Gasteiger charge is -2.22. The molecule has 170 valence electrons. The average Bonchev–Trinajstić information content (AvgIpc) is 3.17. The van der Waals surface area contributed by atoms with Crippen LogP contribution in [0.3, 0.4) is 0 Å². The largest absolute Gasteiger partial charge is 0.497 e. The summed E-state index contributed by atoms with van der Waals surface area (Å²) in [6.45, 7) is 1.79. The van der Waals surface area contributed by atoms with Crippen LogP contribution in [0.4, 0.5) is 0 Å². The maximum absolute atomic E-state index is 12.9. The van der Waals surface area contributed by atoms with E-state index in [4.69, 9.17) is 18.9 Å². The van der Waals surface area contributed by atoms with Crippen LogP contribution in [-0.2, 0) is 0 Å². The zero-order valence-electron chi connectivity index (χ0n) is 18.7. The Bertz CT molecular complexity index is 1330. The van der Waals surface area contributed by atoms with Crippen molar-refractivity contribution >= 4 is 17.6 Å². The van der Waals surface area contributed by atoms with Crippen molar-refractivity contribution in [3.05, 3.63) is 101 Å². The van der Waals surface area contributed by atoms with Gasteiger partial charge in [-0.1, -0.05) is 18.2 Å². The van der Waals surface area contributed by atoms with Gasteiger partial charge in [-0.15, -0.1) is 0 Å². The predicted molar refractivity (Wildman–Crippen MR) is 127 cm³/mol. The van der Waals surface area contributed by atoms with Gasteiger partial charge in [0.1, 0.15) is 29.1 Å². The molecule has 0 bridgehead atoms. The van der Waals surface area contributed by atoms with E-state index in [9.17, 15) is 9.59 Å². The first-order chi connectivity index (χ1) is 16.5. The lowest BCUT2D eigenvalue weighted by atomic mass is 10.0. The molecule has 5 rings (SSSR count). The first kappa shape index (κ1) is 21.5. The fraction of sp³-hybridized carbons (Fsp3) is 0.143. The monoisotopic (exact) mass is 454 g/mol. The Hall–Kier alpha value is -4.32. The lowest BCUT2D eigenvalue weighted by molar-refractivity contribution is 0.0920. The molecule has 3 aromatic carbocycles. The summed E-state index contributed by atoms with van der Waals surface area (Å²) in [7, 11) is 1.57. The number of fused-ring (bicyclic) bond motifs is 2. The Labute approximate surface area is 197 Å². The van der Waals surface area contributed by atoms with Crippen LogP contribution in [0.25, 0.3) is 6.08 Å². The molecule has 1 atom stereocenters. The molecule has 0 spiro atoms. The van der Waals surface area contributed by atoms with Gasteiger partial charge in [0.15, 0.2) is 18.1 Å². The van der Waals surface area contributed by atoms with Gasteiger partial charge in [0.25, 0.3) is 0 Å². The van der Waals surface area contributed by atoms with Crippen LogP contribution in [0.15, 0.2) is 84.1 Å². The third-order valence-electron chi connectivity index (χ3n) is 5.74. The predicted octanol–water partition coefficient (Wildman–Crippen LogP) is 5.28. The van der Waals surface area contributed by atoms with Gasteiger partial charge in [-0.3, -0.25) is 9.59 Å². The summed E-state index contributed by atoms with van der Waals surface area (Å²) in [5.41, 5.74) is 2.77. The highest BCUT2D eigenvalue weighted by molar-refractivity contribution is 6.12. The molecule has 0 aliphatic carbocycles. The molecule has 3 aromatic rings. The van der Waals surface area contributed by atoms with Crippen molar-refractivity contribution < 1.29 is 28.5 Å². The third-order valence-corrected chi connectivity index (χ3v) is 5.74. The zero-order valence-corrected chi connectivity index (χ0v) is 18.7. The molecule has 2 aliphatic rings. The minimum Gasteiger partial charge on any atom is -0.497 e. The fourth-order valence-electron chi connectivity index (χ4n) is 3.84. The minimum absolute atomic E-state index is 0.136. The van der Waals surface area contributed by atoms with E-state index >= 15 is 0 Å². The van der Waals surface area contributed by atoms with Crippen LogP contribution in [0.1, 0.15) is 33.2 Å². The molecule has 0 saturated heterocycles. The topological polar surface area (TPSA) is 71.1 Å². The molecule has 0 aromatic heterocycles. The molecule has 6 heteroatoms. The van der Waals surface area contributed by atoms with Crippen LogP contribution < -0.4 is 18.9 Å². The molecule has 0 amide bonds. The lowest BCUT2D eigenvalue weighted by Crippen LogP contribution is -2.18. The van der Waals surface area contributed by atoms with Crippen LogP contribution in [0.2, 0.25) is 0 Å². The number of methoxy groups -OCH3 is 1. The van der Waals surface area contributed by atoms with E-state index in [0.29, 0.717) is 28.4 Å². The van der Waals surface area contributed by atoms with Gasteiger partial charge >= 0.3 is 0 Å². The maximum atomic E-state index is 12.9. The standard InChI is InChI=1S/C28H22O6/c1-17-20(13-19-5-3-4-6-25(19)33-17)14-27-28(30)23-12-11-22(15-26(23)34-27)32-16-24(29)18-7-9-21(31-2)10-8-18/h3-15,17H,16H2,1-2H3/b27-14-/t17-/m0/s1. The van der Waals surface area contributed by atoms with E-state index in [1.807, 2.05) is 37.3 Å². The van der Waals surface area contributed by atoms with Crippen LogP contribution in [0, 0.1) is 0 Å². The number of para-hydroxylation sites is 1. The summed E-state index contributed by atoms with van der Waals surface area (Å²) < 4.78 is 22.6. The van der Waals surface area contributed by atoms with E-state index in [1.54, 1.807) is 55.7 Å². The van der Waals surface area contributed by atoms with Crippen LogP contribution in [0.5, 0.6) is 23.0 Å².